The molecule has 4 aliphatic rings. The van der Waals surface area contributed by atoms with Crippen molar-refractivity contribution in [1.82, 2.24) is 5.32 Å². The van der Waals surface area contributed by atoms with Crippen molar-refractivity contribution in [1.29, 1.82) is 0 Å². The second kappa shape index (κ2) is 4.80. The number of hydrogen-bond acceptors (Lipinski definition) is 2. The molecule has 0 spiro atoms. The molecular weight excluding hydrogens is 254 g/mol. The number of carboxylic acids is 1. The topological polar surface area (TPSA) is 66.4 Å². The van der Waals surface area contributed by atoms with Gasteiger partial charge in [-0.05, 0) is 56.3 Å². The fraction of sp³-hybridized carbons (Fsp3) is 0.750. The third kappa shape index (κ3) is 2.19. The van der Waals surface area contributed by atoms with E-state index in [9.17, 15) is 9.59 Å². The average molecular weight is 275 g/mol. The van der Waals surface area contributed by atoms with Crippen LogP contribution in [0.2, 0.25) is 0 Å². The maximum Gasteiger partial charge on any atom is 0.327 e. The van der Waals surface area contributed by atoms with Crippen LogP contribution in [0.25, 0.3) is 0 Å². The highest BCUT2D eigenvalue weighted by atomic mass is 16.4. The van der Waals surface area contributed by atoms with Crippen LogP contribution < -0.4 is 5.32 Å². The van der Waals surface area contributed by atoms with E-state index >= 15 is 0 Å². The largest absolute Gasteiger partial charge is 0.480 e. The second-order valence-corrected chi connectivity index (χ2v) is 6.97. The summed E-state index contributed by atoms with van der Waals surface area (Å²) in [4.78, 5) is 23.8. The highest BCUT2D eigenvalue weighted by Gasteiger charge is 2.54. The molecule has 4 heteroatoms. The van der Waals surface area contributed by atoms with Gasteiger partial charge < -0.3 is 10.4 Å². The van der Waals surface area contributed by atoms with E-state index in [2.05, 4.69) is 11.2 Å². The minimum atomic E-state index is -1.04. The molecule has 0 aliphatic heterocycles. The molecule has 0 aromatic heterocycles. The number of rotatable bonds is 4. The van der Waals surface area contributed by atoms with E-state index in [0.29, 0.717) is 17.8 Å². The maximum atomic E-state index is 12.6. The van der Waals surface area contributed by atoms with Crippen LogP contribution in [-0.4, -0.2) is 23.0 Å². The summed E-state index contributed by atoms with van der Waals surface area (Å²) >= 11 is 0. The fourth-order valence-corrected chi connectivity index (χ4v) is 5.02. The van der Waals surface area contributed by atoms with Gasteiger partial charge in [0.15, 0.2) is 0 Å². The quantitative estimate of drug-likeness (QED) is 0.769. The van der Waals surface area contributed by atoms with Gasteiger partial charge in [0, 0.05) is 11.8 Å². The molecular formula is C16H21NO3. The summed E-state index contributed by atoms with van der Waals surface area (Å²) in [6.45, 7) is 0. The fourth-order valence-electron chi connectivity index (χ4n) is 5.02. The summed E-state index contributed by atoms with van der Waals surface area (Å²) in [6, 6.07) is -0.944. The number of amides is 1. The molecule has 4 saturated carbocycles. The number of hydrogen-bond donors (Lipinski definition) is 2. The van der Waals surface area contributed by atoms with Crippen molar-refractivity contribution in [3.63, 3.8) is 0 Å². The van der Waals surface area contributed by atoms with E-state index in [-0.39, 0.29) is 17.7 Å². The summed E-state index contributed by atoms with van der Waals surface area (Å²) in [5.41, 5.74) is -0.308. The number of carboxylic acid groups (broad SMARTS) is 1. The van der Waals surface area contributed by atoms with E-state index in [1.807, 2.05) is 0 Å². The summed E-state index contributed by atoms with van der Waals surface area (Å²) < 4.78 is 0. The molecule has 20 heavy (non-hydrogen) atoms. The minimum Gasteiger partial charge on any atom is -0.480 e. The van der Waals surface area contributed by atoms with Crippen LogP contribution in [-0.2, 0) is 9.59 Å². The maximum absolute atomic E-state index is 12.6. The first-order valence-corrected chi connectivity index (χ1v) is 7.49. The molecule has 4 nitrogen and oxygen atoms in total. The summed E-state index contributed by atoms with van der Waals surface area (Å²) in [6.07, 6.45) is 11.8. The van der Waals surface area contributed by atoms with Gasteiger partial charge in [0.1, 0.15) is 6.04 Å². The molecule has 0 radical (unpaired) electrons. The second-order valence-electron chi connectivity index (χ2n) is 6.97. The van der Waals surface area contributed by atoms with Crippen LogP contribution in [0.15, 0.2) is 0 Å². The Hall–Kier alpha value is -1.50. The van der Waals surface area contributed by atoms with Crippen molar-refractivity contribution in [2.24, 2.45) is 23.2 Å². The molecule has 4 rings (SSSR count). The van der Waals surface area contributed by atoms with Gasteiger partial charge in [-0.2, -0.15) is 0 Å². The van der Waals surface area contributed by atoms with Gasteiger partial charge in [0.25, 0.3) is 0 Å². The first kappa shape index (κ1) is 13.5. The Balaban J connectivity index is 1.73. The van der Waals surface area contributed by atoms with Gasteiger partial charge in [0.2, 0.25) is 5.91 Å². The van der Waals surface area contributed by atoms with Crippen LogP contribution in [0, 0.1) is 35.5 Å². The van der Waals surface area contributed by atoms with Crippen molar-refractivity contribution in [2.45, 2.75) is 51.0 Å². The SMILES string of the molecule is C#CC[C@H](NC(=O)C12CC3CC(CC(C3)C1)C2)C(=O)O. The Morgan fingerprint density at radius 1 is 1.20 bits per heavy atom. The van der Waals surface area contributed by atoms with E-state index < -0.39 is 12.0 Å². The van der Waals surface area contributed by atoms with Crippen molar-refractivity contribution in [3.8, 4) is 12.3 Å². The summed E-state index contributed by atoms with van der Waals surface area (Å²) in [5, 5.41) is 11.8. The molecule has 0 heterocycles. The van der Waals surface area contributed by atoms with Gasteiger partial charge in [-0.15, -0.1) is 12.3 Å². The number of aliphatic carboxylic acids is 1. The lowest BCUT2D eigenvalue weighted by Gasteiger charge is -2.55. The highest BCUT2D eigenvalue weighted by molar-refractivity contribution is 5.88. The zero-order valence-electron chi connectivity index (χ0n) is 11.6. The van der Waals surface area contributed by atoms with Crippen molar-refractivity contribution in [2.75, 3.05) is 0 Å². The van der Waals surface area contributed by atoms with E-state index in [1.54, 1.807) is 0 Å². The standard InChI is InChI=1S/C16H21NO3/c1-2-3-13(14(18)19)17-15(20)16-7-10-4-11(8-16)6-12(5-10)9-16/h1,10-13H,3-9H2,(H,17,20)(H,18,19)/t10?,11?,12?,13-,16?/m0/s1. The Kier molecular flexibility index (Phi) is 3.24. The predicted octanol–water partition coefficient (Wildman–Crippen LogP) is 1.80. The molecule has 4 fully saturated rings. The average Bonchev–Trinajstić information content (AvgIpc) is 2.36. The highest BCUT2D eigenvalue weighted by Crippen LogP contribution is 2.60. The van der Waals surface area contributed by atoms with Gasteiger partial charge in [-0.1, -0.05) is 0 Å². The Bertz CT molecular complexity index is 441. The van der Waals surface area contributed by atoms with Crippen LogP contribution in [0.4, 0.5) is 0 Å². The number of nitrogens with one attached hydrogen (secondary N) is 1. The lowest BCUT2D eigenvalue weighted by atomic mass is 9.49. The Morgan fingerprint density at radius 2 is 1.70 bits per heavy atom. The monoisotopic (exact) mass is 275 g/mol. The molecule has 0 aromatic carbocycles. The molecule has 4 bridgehead atoms. The third-order valence-electron chi connectivity index (χ3n) is 5.45. The number of carbonyl (C=O) groups excluding carboxylic acids is 1. The predicted molar refractivity (Wildman–Crippen MR) is 73.6 cm³/mol. The van der Waals surface area contributed by atoms with E-state index in [4.69, 9.17) is 11.5 Å². The zero-order valence-corrected chi connectivity index (χ0v) is 11.6. The minimum absolute atomic E-state index is 0.0490. The molecule has 0 aromatic rings. The Labute approximate surface area is 119 Å². The number of carbonyl (C=O) groups is 2. The van der Waals surface area contributed by atoms with Crippen molar-refractivity contribution >= 4 is 11.9 Å². The Morgan fingerprint density at radius 3 is 2.10 bits per heavy atom. The molecule has 108 valence electrons. The van der Waals surface area contributed by atoms with Crippen molar-refractivity contribution in [3.05, 3.63) is 0 Å². The van der Waals surface area contributed by atoms with Gasteiger partial charge in [-0.25, -0.2) is 4.79 Å². The smallest absolute Gasteiger partial charge is 0.327 e. The molecule has 2 N–H and O–H groups in total. The first-order chi connectivity index (χ1) is 9.52. The van der Waals surface area contributed by atoms with Crippen LogP contribution >= 0.6 is 0 Å². The third-order valence-corrected chi connectivity index (χ3v) is 5.45. The zero-order chi connectivity index (χ0) is 14.3. The summed E-state index contributed by atoms with van der Waals surface area (Å²) in [5.74, 6) is 3.23. The molecule has 0 unspecified atom stereocenters. The van der Waals surface area contributed by atoms with Crippen LogP contribution in [0.1, 0.15) is 44.9 Å². The number of terminal acetylenes is 1. The van der Waals surface area contributed by atoms with Gasteiger partial charge in [-0.3, -0.25) is 4.79 Å². The van der Waals surface area contributed by atoms with Gasteiger partial charge >= 0.3 is 5.97 Å². The van der Waals surface area contributed by atoms with E-state index in [0.717, 1.165) is 19.3 Å². The van der Waals surface area contributed by atoms with Crippen molar-refractivity contribution < 1.29 is 14.7 Å². The van der Waals surface area contributed by atoms with E-state index in [1.165, 1.54) is 19.3 Å². The summed E-state index contributed by atoms with van der Waals surface area (Å²) in [7, 11) is 0. The molecule has 0 saturated heterocycles. The van der Waals surface area contributed by atoms with Crippen LogP contribution in [0.3, 0.4) is 0 Å². The molecule has 1 amide bonds. The molecule has 1 atom stereocenters. The lowest BCUT2D eigenvalue weighted by Crippen LogP contribution is -2.56. The van der Waals surface area contributed by atoms with Gasteiger partial charge in [0.05, 0.1) is 0 Å². The molecule has 4 aliphatic carbocycles. The van der Waals surface area contributed by atoms with Crippen LogP contribution in [0.5, 0.6) is 0 Å². The lowest BCUT2D eigenvalue weighted by molar-refractivity contribution is -0.151. The first-order valence-electron chi connectivity index (χ1n) is 7.49. The normalized spacial score (nSPS) is 39.0.